The number of rotatable bonds is 6. The molecule has 0 saturated carbocycles. The molecule has 0 bridgehead atoms. The minimum atomic E-state index is -0.277. The Labute approximate surface area is 284 Å². The number of nitrogens with zero attached hydrogens (tertiary/aromatic N) is 2. The predicted molar refractivity (Wildman–Crippen MR) is 202 cm³/mol. The molecule has 1 unspecified atom stereocenters. The average Bonchev–Trinajstić information content (AvgIpc) is 3.57. The summed E-state index contributed by atoms with van der Waals surface area (Å²) >= 11 is 0. The number of furan rings is 1. The van der Waals surface area contributed by atoms with Crippen molar-refractivity contribution < 1.29 is 4.42 Å². The van der Waals surface area contributed by atoms with Crippen LogP contribution in [0.4, 0.5) is 0 Å². The molecule has 0 radical (unpaired) electrons. The number of fused-ring (bicyclic) bond motifs is 3. The van der Waals surface area contributed by atoms with Crippen molar-refractivity contribution in [2.24, 2.45) is 9.98 Å². The monoisotopic (exact) mass is 629 g/mol. The standard InChI is InChI=1S/C45H31N3O/c1-4-11-30(12-5-1)31-19-21-32(22-20-31)33-23-25-34(26-24-33)37-27-28-40-39(29-37)42-38(17-10-18-41(42)49-40)45-47-43(35-13-6-2-7-14-35)46-44(48-45)36-15-8-3-9-16-36/h1-29,43H,(H,46,47,48). The summed E-state index contributed by atoms with van der Waals surface area (Å²) in [7, 11) is 0. The SMILES string of the molecule is c1ccc(C2=NC(c3ccccc3)NC(c3cccc4oc5ccc(-c6ccc(-c7ccc(-c8ccccc8)cc7)cc6)cc5c34)=N2)cc1. The molecule has 4 heteroatoms. The average molecular weight is 630 g/mol. The van der Waals surface area contributed by atoms with E-state index in [0.717, 1.165) is 55.6 Å². The fraction of sp³-hybridized carbons (Fsp3) is 0.0222. The molecule has 1 N–H and O–H groups in total. The van der Waals surface area contributed by atoms with Crippen LogP contribution >= 0.6 is 0 Å². The molecule has 0 spiro atoms. The van der Waals surface area contributed by atoms with E-state index in [9.17, 15) is 0 Å². The zero-order valence-corrected chi connectivity index (χ0v) is 26.6. The maximum Gasteiger partial charge on any atom is 0.159 e. The molecule has 0 amide bonds. The Morgan fingerprint density at radius 2 is 0.980 bits per heavy atom. The summed E-state index contributed by atoms with van der Waals surface area (Å²) in [5, 5.41) is 5.71. The molecule has 0 fully saturated rings. The summed E-state index contributed by atoms with van der Waals surface area (Å²) in [5.41, 5.74) is 11.8. The third-order valence-electron chi connectivity index (χ3n) is 9.18. The normalized spacial score (nSPS) is 14.3. The van der Waals surface area contributed by atoms with Gasteiger partial charge in [0.2, 0.25) is 0 Å². The van der Waals surface area contributed by atoms with Crippen molar-refractivity contribution in [3.63, 3.8) is 0 Å². The van der Waals surface area contributed by atoms with E-state index in [1.807, 2.05) is 54.6 Å². The second-order valence-electron chi connectivity index (χ2n) is 12.2. The Bertz CT molecular complexity index is 2480. The smallest absolute Gasteiger partial charge is 0.159 e. The van der Waals surface area contributed by atoms with Crippen molar-refractivity contribution in [2.45, 2.75) is 6.17 Å². The van der Waals surface area contributed by atoms with Crippen LogP contribution in [0.1, 0.15) is 22.9 Å². The van der Waals surface area contributed by atoms with Gasteiger partial charge in [0, 0.05) is 21.9 Å². The van der Waals surface area contributed by atoms with Gasteiger partial charge in [0.15, 0.2) is 5.84 Å². The van der Waals surface area contributed by atoms with Crippen LogP contribution in [-0.2, 0) is 0 Å². The predicted octanol–water partition coefficient (Wildman–Crippen LogP) is 11.1. The van der Waals surface area contributed by atoms with E-state index in [4.69, 9.17) is 14.4 Å². The molecule has 49 heavy (non-hydrogen) atoms. The van der Waals surface area contributed by atoms with E-state index in [1.165, 1.54) is 22.3 Å². The van der Waals surface area contributed by atoms with Gasteiger partial charge >= 0.3 is 0 Å². The Hall–Kier alpha value is -6.52. The van der Waals surface area contributed by atoms with Gasteiger partial charge in [0.1, 0.15) is 23.2 Å². The third-order valence-corrected chi connectivity index (χ3v) is 9.18. The maximum absolute atomic E-state index is 6.40. The molecular formula is C45H31N3O. The third kappa shape index (κ3) is 5.49. The summed E-state index contributed by atoms with van der Waals surface area (Å²) in [6, 6.07) is 61.1. The lowest BCUT2D eigenvalue weighted by Gasteiger charge is -2.24. The van der Waals surface area contributed by atoms with Gasteiger partial charge in [-0.3, -0.25) is 0 Å². The Morgan fingerprint density at radius 3 is 1.61 bits per heavy atom. The van der Waals surface area contributed by atoms with E-state index < -0.39 is 0 Å². The van der Waals surface area contributed by atoms with Crippen molar-refractivity contribution >= 4 is 33.6 Å². The van der Waals surface area contributed by atoms with Gasteiger partial charge in [0.25, 0.3) is 0 Å². The zero-order chi connectivity index (χ0) is 32.6. The number of nitrogens with one attached hydrogen (secondary N) is 1. The lowest BCUT2D eigenvalue weighted by atomic mass is 9.97. The van der Waals surface area contributed by atoms with Crippen molar-refractivity contribution in [1.29, 1.82) is 0 Å². The number of hydrogen-bond acceptors (Lipinski definition) is 4. The van der Waals surface area contributed by atoms with Gasteiger partial charge in [0.05, 0.1) is 0 Å². The van der Waals surface area contributed by atoms with Gasteiger partial charge in [-0.05, 0) is 57.1 Å². The van der Waals surface area contributed by atoms with Crippen LogP contribution in [0.3, 0.4) is 0 Å². The second-order valence-corrected chi connectivity index (χ2v) is 12.2. The van der Waals surface area contributed by atoms with Crippen LogP contribution in [0.2, 0.25) is 0 Å². The van der Waals surface area contributed by atoms with E-state index in [2.05, 4.69) is 127 Å². The minimum absolute atomic E-state index is 0.277. The quantitative estimate of drug-likeness (QED) is 0.199. The molecule has 2 heterocycles. The van der Waals surface area contributed by atoms with Crippen molar-refractivity contribution in [2.75, 3.05) is 0 Å². The van der Waals surface area contributed by atoms with Gasteiger partial charge in [-0.15, -0.1) is 0 Å². The first-order chi connectivity index (χ1) is 24.3. The van der Waals surface area contributed by atoms with Crippen molar-refractivity contribution in [3.8, 4) is 33.4 Å². The first-order valence-electron chi connectivity index (χ1n) is 16.5. The van der Waals surface area contributed by atoms with Crippen LogP contribution in [0.25, 0.3) is 55.3 Å². The lowest BCUT2D eigenvalue weighted by Crippen LogP contribution is -2.33. The highest BCUT2D eigenvalue weighted by molar-refractivity contribution is 6.22. The van der Waals surface area contributed by atoms with Crippen molar-refractivity contribution in [1.82, 2.24) is 5.32 Å². The summed E-state index contributed by atoms with van der Waals surface area (Å²) in [5.74, 6) is 1.47. The first kappa shape index (κ1) is 28.7. The highest BCUT2D eigenvalue weighted by atomic mass is 16.3. The van der Waals surface area contributed by atoms with Crippen LogP contribution in [0.5, 0.6) is 0 Å². The lowest BCUT2D eigenvalue weighted by molar-refractivity contribution is 0.668. The fourth-order valence-corrected chi connectivity index (χ4v) is 6.65. The molecule has 1 aliphatic heterocycles. The van der Waals surface area contributed by atoms with E-state index in [-0.39, 0.29) is 6.17 Å². The molecule has 232 valence electrons. The first-order valence-corrected chi connectivity index (χ1v) is 16.5. The number of aliphatic imine (C=N–C) groups is 2. The van der Waals surface area contributed by atoms with Crippen LogP contribution in [0, 0.1) is 0 Å². The molecule has 1 aliphatic rings. The zero-order valence-electron chi connectivity index (χ0n) is 26.6. The molecule has 1 aromatic heterocycles. The molecule has 4 nitrogen and oxygen atoms in total. The Kier molecular flexibility index (Phi) is 7.17. The summed E-state index contributed by atoms with van der Waals surface area (Å²) in [6.07, 6.45) is -0.277. The number of hydrogen-bond donors (Lipinski definition) is 1. The highest BCUT2D eigenvalue weighted by Crippen LogP contribution is 2.36. The van der Waals surface area contributed by atoms with Gasteiger partial charge < -0.3 is 9.73 Å². The molecule has 0 saturated heterocycles. The maximum atomic E-state index is 6.40. The number of benzene rings is 7. The molecular weight excluding hydrogens is 599 g/mol. The Balaban J connectivity index is 1.08. The topological polar surface area (TPSA) is 49.9 Å². The number of amidine groups is 2. The summed E-state index contributed by atoms with van der Waals surface area (Å²) in [6.45, 7) is 0. The van der Waals surface area contributed by atoms with Gasteiger partial charge in [-0.25, -0.2) is 9.98 Å². The fourth-order valence-electron chi connectivity index (χ4n) is 6.65. The molecule has 0 aliphatic carbocycles. The van der Waals surface area contributed by atoms with E-state index in [1.54, 1.807) is 0 Å². The summed E-state index contributed by atoms with van der Waals surface area (Å²) in [4.78, 5) is 10.1. The van der Waals surface area contributed by atoms with E-state index in [0.29, 0.717) is 5.84 Å². The molecule has 9 rings (SSSR count). The highest BCUT2D eigenvalue weighted by Gasteiger charge is 2.23. The van der Waals surface area contributed by atoms with Gasteiger partial charge in [-0.1, -0.05) is 158 Å². The molecule has 8 aromatic rings. The molecule has 1 atom stereocenters. The van der Waals surface area contributed by atoms with Crippen LogP contribution in [0.15, 0.2) is 190 Å². The Morgan fingerprint density at radius 1 is 0.449 bits per heavy atom. The minimum Gasteiger partial charge on any atom is -0.456 e. The van der Waals surface area contributed by atoms with Crippen LogP contribution < -0.4 is 5.32 Å². The second kappa shape index (κ2) is 12.3. The van der Waals surface area contributed by atoms with Crippen molar-refractivity contribution in [3.05, 3.63) is 193 Å². The molecule has 7 aromatic carbocycles. The summed E-state index contributed by atoms with van der Waals surface area (Å²) < 4.78 is 6.40. The largest absolute Gasteiger partial charge is 0.456 e. The van der Waals surface area contributed by atoms with Gasteiger partial charge in [-0.2, -0.15) is 0 Å². The van der Waals surface area contributed by atoms with Crippen LogP contribution in [-0.4, -0.2) is 11.7 Å². The van der Waals surface area contributed by atoms with E-state index >= 15 is 0 Å².